The van der Waals surface area contributed by atoms with E-state index in [9.17, 15) is 9.59 Å². The zero-order valence-electron chi connectivity index (χ0n) is 16.5. The molecule has 6 nitrogen and oxygen atoms in total. The van der Waals surface area contributed by atoms with E-state index >= 15 is 0 Å². The molecule has 0 saturated heterocycles. The average molecular weight is 439 g/mol. The van der Waals surface area contributed by atoms with Crippen LogP contribution in [-0.4, -0.2) is 39.0 Å². The van der Waals surface area contributed by atoms with Crippen molar-refractivity contribution in [3.05, 3.63) is 45.8 Å². The number of thioether (sulfide) groups is 1. The number of nitrogens with zero attached hydrogens (tertiary/aromatic N) is 3. The molecule has 0 radical (unpaired) electrons. The van der Waals surface area contributed by atoms with Gasteiger partial charge in [0.05, 0.1) is 16.5 Å². The topological polar surface area (TPSA) is 89.2 Å². The molecule has 2 aromatic heterocycles. The fourth-order valence-corrected chi connectivity index (χ4v) is 6.38. The van der Waals surface area contributed by atoms with E-state index in [1.54, 1.807) is 47.4 Å². The number of hydrogen-bond acceptors (Lipinski definition) is 7. The van der Waals surface area contributed by atoms with Crippen molar-refractivity contribution in [1.29, 1.82) is 0 Å². The van der Waals surface area contributed by atoms with E-state index in [2.05, 4.69) is 4.98 Å². The normalized spacial score (nSPS) is 15.7. The van der Waals surface area contributed by atoms with Crippen LogP contribution < -0.4 is 5.73 Å². The number of nitrogen functional groups attached to an aromatic ring is 1. The first-order valence-corrected chi connectivity index (χ1v) is 12.1. The van der Waals surface area contributed by atoms with Crippen molar-refractivity contribution in [3.8, 4) is 0 Å². The van der Waals surface area contributed by atoms with Gasteiger partial charge in [-0.3, -0.25) is 14.5 Å². The van der Waals surface area contributed by atoms with Crippen LogP contribution in [0.25, 0.3) is 10.2 Å². The van der Waals surface area contributed by atoms with E-state index in [0.717, 1.165) is 41.7 Å². The minimum atomic E-state index is -0.188. The highest BCUT2D eigenvalue weighted by molar-refractivity contribution is 7.99. The van der Waals surface area contributed by atoms with Crippen LogP contribution in [0.4, 0.5) is 5.82 Å². The van der Waals surface area contributed by atoms with Gasteiger partial charge >= 0.3 is 0 Å². The highest BCUT2D eigenvalue weighted by Crippen LogP contribution is 2.38. The summed E-state index contributed by atoms with van der Waals surface area (Å²) in [6, 6.07) is 7.00. The second kappa shape index (κ2) is 8.00. The number of anilines is 1. The molecule has 0 spiro atoms. The molecule has 3 aromatic rings. The zero-order valence-corrected chi connectivity index (χ0v) is 18.2. The van der Waals surface area contributed by atoms with Crippen molar-refractivity contribution in [2.75, 3.05) is 18.0 Å². The molecule has 8 heteroatoms. The van der Waals surface area contributed by atoms with Gasteiger partial charge in [-0.05, 0) is 56.2 Å². The van der Waals surface area contributed by atoms with E-state index in [0.29, 0.717) is 28.6 Å². The van der Waals surface area contributed by atoms with Gasteiger partial charge in [0.25, 0.3) is 11.8 Å². The first kappa shape index (κ1) is 19.5. The van der Waals surface area contributed by atoms with Gasteiger partial charge in [0, 0.05) is 17.2 Å². The van der Waals surface area contributed by atoms with E-state index in [4.69, 9.17) is 10.7 Å². The number of aryl methyl sites for hydroxylation is 2. The summed E-state index contributed by atoms with van der Waals surface area (Å²) < 4.78 is 0. The van der Waals surface area contributed by atoms with Gasteiger partial charge in [0.15, 0.2) is 5.16 Å². The number of carbonyl (C=O) groups is 2. The summed E-state index contributed by atoms with van der Waals surface area (Å²) >= 11 is 3.34. The molecule has 2 aliphatic rings. The molecule has 2 amide bonds. The Morgan fingerprint density at radius 1 is 1.03 bits per heavy atom. The Morgan fingerprint density at radius 2 is 1.77 bits per heavy atom. The maximum absolute atomic E-state index is 12.4. The lowest BCUT2D eigenvalue weighted by molar-refractivity contribution is 0.0652. The lowest BCUT2D eigenvalue weighted by Crippen LogP contribution is -2.30. The van der Waals surface area contributed by atoms with E-state index in [1.807, 2.05) is 0 Å². The molecular formula is C22H22N4O2S2. The van der Waals surface area contributed by atoms with E-state index in [1.165, 1.54) is 28.2 Å². The number of imide groups is 1. The summed E-state index contributed by atoms with van der Waals surface area (Å²) in [6.45, 7) is 0.437. The van der Waals surface area contributed by atoms with Crippen LogP contribution in [0.2, 0.25) is 0 Å². The number of benzene rings is 1. The van der Waals surface area contributed by atoms with Crippen LogP contribution in [0.15, 0.2) is 29.4 Å². The summed E-state index contributed by atoms with van der Waals surface area (Å²) in [6.07, 6.45) is 6.26. The standard InChI is InChI=1S/C22H22N4O2S2/c23-18-17-15-9-3-4-10-16(15)30-19(17)25-22(24-18)29-12-6-5-11-26-20(27)13-7-1-2-8-14(13)21(26)28/h1-2,7-8H,3-6,9-12H2,(H2,23,24,25). The van der Waals surface area contributed by atoms with E-state index < -0.39 is 0 Å². The number of rotatable bonds is 6. The molecule has 30 heavy (non-hydrogen) atoms. The third-order valence-electron chi connectivity index (χ3n) is 5.71. The molecule has 0 fully saturated rings. The minimum absolute atomic E-state index is 0.188. The van der Waals surface area contributed by atoms with E-state index in [-0.39, 0.29) is 11.8 Å². The molecule has 1 aliphatic heterocycles. The molecule has 5 rings (SSSR count). The Balaban J connectivity index is 1.18. The first-order valence-electron chi connectivity index (χ1n) is 10.3. The molecular weight excluding hydrogens is 416 g/mol. The van der Waals surface area contributed by atoms with Crippen molar-refractivity contribution < 1.29 is 9.59 Å². The van der Waals surface area contributed by atoms with Crippen LogP contribution in [0, 0.1) is 0 Å². The van der Waals surface area contributed by atoms with Crippen molar-refractivity contribution in [3.63, 3.8) is 0 Å². The minimum Gasteiger partial charge on any atom is -0.383 e. The Labute approximate surface area is 182 Å². The summed E-state index contributed by atoms with van der Waals surface area (Å²) in [7, 11) is 0. The molecule has 0 atom stereocenters. The van der Waals surface area contributed by atoms with Crippen molar-refractivity contribution >= 4 is 50.9 Å². The van der Waals surface area contributed by atoms with Crippen LogP contribution in [0.3, 0.4) is 0 Å². The quantitative estimate of drug-likeness (QED) is 0.267. The predicted octanol–water partition coefficient (Wildman–Crippen LogP) is 4.32. The van der Waals surface area contributed by atoms with Crippen LogP contribution in [-0.2, 0) is 12.8 Å². The molecule has 0 unspecified atom stereocenters. The van der Waals surface area contributed by atoms with Gasteiger partial charge in [-0.25, -0.2) is 9.97 Å². The maximum atomic E-state index is 12.4. The van der Waals surface area contributed by atoms with Crippen molar-refractivity contribution in [2.45, 2.75) is 43.7 Å². The predicted molar refractivity (Wildman–Crippen MR) is 120 cm³/mol. The van der Waals surface area contributed by atoms with Gasteiger partial charge in [0.2, 0.25) is 0 Å². The lowest BCUT2D eigenvalue weighted by Gasteiger charge is -2.13. The number of hydrogen-bond donors (Lipinski definition) is 1. The molecule has 0 bridgehead atoms. The van der Waals surface area contributed by atoms with Gasteiger partial charge in [-0.15, -0.1) is 11.3 Å². The monoisotopic (exact) mass is 438 g/mol. The second-order valence-electron chi connectivity index (χ2n) is 7.65. The summed E-state index contributed by atoms with van der Waals surface area (Å²) in [5, 5.41) is 1.77. The largest absolute Gasteiger partial charge is 0.383 e. The number of nitrogens with two attached hydrogens (primary N) is 1. The van der Waals surface area contributed by atoms with Crippen LogP contribution in [0.5, 0.6) is 0 Å². The number of thiophene rings is 1. The Bertz CT molecular complexity index is 1120. The highest BCUT2D eigenvalue weighted by Gasteiger charge is 2.34. The Hall–Kier alpha value is -2.45. The summed E-state index contributed by atoms with van der Waals surface area (Å²) in [5.41, 5.74) is 8.64. The van der Waals surface area contributed by atoms with Gasteiger partial charge in [0.1, 0.15) is 10.6 Å². The van der Waals surface area contributed by atoms with Crippen molar-refractivity contribution in [1.82, 2.24) is 14.9 Å². The Kier molecular flexibility index (Phi) is 5.20. The van der Waals surface area contributed by atoms with Crippen molar-refractivity contribution in [2.24, 2.45) is 0 Å². The molecule has 1 aromatic carbocycles. The smallest absolute Gasteiger partial charge is 0.261 e. The highest BCUT2D eigenvalue weighted by atomic mass is 32.2. The maximum Gasteiger partial charge on any atom is 0.261 e. The average Bonchev–Trinajstić information content (AvgIpc) is 3.24. The van der Waals surface area contributed by atoms with Gasteiger partial charge in [-0.2, -0.15) is 0 Å². The third-order valence-corrected chi connectivity index (χ3v) is 7.83. The van der Waals surface area contributed by atoms with Gasteiger partial charge < -0.3 is 5.73 Å². The number of fused-ring (bicyclic) bond motifs is 4. The zero-order chi connectivity index (χ0) is 20.7. The third kappa shape index (κ3) is 3.37. The van der Waals surface area contributed by atoms with Crippen LogP contribution in [0.1, 0.15) is 56.8 Å². The number of amides is 2. The fourth-order valence-electron chi connectivity index (χ4n) is 4.21. The number of aromatic nitrogens is 2. The van der Waals surface area contributed by atoms with Crippen LogP contribution >= 0.6 is 23.1 Å². The summed E-state index contributed by atoms with van der Waals surface area (Å²) in [5.74, 6) is 1.03. The Morgan fingerprint density at radius 3 is 2.53 bits per heavy atom. The number of unbranched alkanes of at least 4 members (excludes halogenated alkanes) is 1. The molecule has 3 heterocycles. The SMILES string of the molecule is Nc1nc(SCCCCN2C(=O)c3ccccc3C2=O)nc2sc3c(c12)CCCC3. The van der Waals surface area contributed by atoms with Gasteiger partial charge in [-0.1, -0.05) is 23.9 Å². The molecule has 1 aliphatic carbocycles. The second-order valence-corrected chi connectivity index (χ2v) is 9.79. The molecule has 2 N–H and O–H groups in total. The lowest BCUT2D eigenvalue weighted by atomic mass is 9.97. The molecule has 154 valence electrons. The number of carbonyl (C=O) groups excluding carboxylic acids is 2. The molecule has 0 saturated carbocycles. The first-order chi connectivity index (χ1) is 14.6. The fraction of sp³-hybridized carbons (Fsp3) is 0.364. The summed E-state index contributed by atoms with van der Waals surface area (Å²) in [4.78, 5) is 37.8.